The van der Waals surface area contributed by atoms with Gasteiger partial charge in [0.1, 0.15) is 0 Å². The molecule has 1 fully saturated rings. The van der Waals surface area contributed by atoms with Gasteiger partial charge in [0.05, 0.1) is 24.5 Å². The summed E-state index contributed by atoms with van der Waals surface area (Å²) in [6, 6.07) is -0.0622. The van der Waals surface area contributed by atoms with E-state index in [-0.39, 0.29) is 11.9 Å². The number of carbonyl (C=O) groups is 1. The van der Waals surface area contributed by atoms with Gasteiger partial charge >= 0.3 is 0 Å². The summed E-state index contributed by atoms with van der Waals surface area (Å²) in [6.07, 6.45) is 4.30. The van der Waals surface area contributed by atoms with Crippen LogP contribution in [0.4, 0.5) is 5.69 Å². The summed E-state index contributed by atoms with van der Waals surface area (Å²) in [5.41, 5.74) is 0.839. The molecule has 3 rings (SSSR count). The van der Waals surface area contributed by atoms with Crippen LogP contribution in [0.3, 0.4) is 0 Å². The van der Waals surface area contributed by atoms with Gasteiger partial charge in [-0.05, 0) is 6.92 Å². The summed E-state index contributed by atoms with van der Waals surface area (Å²) >= 11 is 0. The van der Waals surface area contributed by atoms with Crippen molar-refractivity contribution in [3.63, 3.8) is 0 Å². The van der Waals surface area contributed by atoms with Crippen LogP contribution < -0.4 is 4.90 Å². The molecule has 0 aliphatic carbocycles. The highest BCUT2D eigenvalue weighted by atomic mass is 16.5. The maximum atomic E-state index is 12.4. The molecule has 1 atom stereocenters. The van der Waals surface area contributed by atoms with Gasteiger partial charge in [-0.1, -0.05) is 12.1 Å². The van der Waals surface area contributed by atoms with Gasteiger partial charge in [-0.15, -0.1) is 0 Å². The Hall–Kier alpha value is -2.22. The Labute approximate surface area is 128 Å². The predicted octanol–water partition coefficient (Wildman–Crippen LogP) is 0.775. The van der Waals surface area contributed by atoms with Gasteiger partial charge in [-0.25, -0.2) is 0 Å². The molecule has 3 heterocycles. The van der Waals surface area contributed by atoms with Gasteiger partial charge in [-0.3, -0.25) is 14.4 Å². The molecule has 0 N–H and O–H groups in total. The monoisotopic (exact) mass is 304 g/mol. The molecule has 1 aliphatic heterocycles. The fourth-order valence-electron chi connectivity index (χ4n) is 2.58. The predicted molar refractivity (Wildman–Crippen MR) is 79.2 cm³/mol. The van der Waals surface area contributed by atoms with Gasteiger partial charge in [0, 0.05) is 32.8 Å². The molecule has 1 saturated heterocycles. The van der Waals surface area contributed by atoms with Crippen LogP contribution in [0, 0.1) is 0 Å². The lowest BCUT2D eigenvalue weighted by Crippen LogP contribution is -2.51. The van der Waals surface area contributed by atoms with E-state index in [0.717, 1.165) is 18.7 Å². The number of nitrogens with zero attached hydrogens (tertiary/aromatic N) is 6. The number of piperazine rings is 1. The average molecular weight is 304 g/mol. The average Bonchev–Trinajstić information content (AvgIpc) is 3.15. The van der Waals surface area contributed by atoms with Gasteiger partial charge < -0.3 is 9.42 Å². The van der Waals surface area contributed by atoms with Crippen molar-refractivity contribution in [3.05, 3.63) is 24.1 Å². The summed E-state index contributed by atoms with van der Waals surface area (Å²) in [6.45, 7) is 5.69. The molecule has 0 saturated carbocycles. The van der Waals surface area contributed by atoms with Crippen LogP contribution in [0.1, 0.15) is 31.6 Å². The smallest absolute Gasteiger partial charge is 0.243 e. The molecule has 2 aromatic rings. The Bertz CT molecular complexity index is 664. The molecule has 8 nitrogen and oxygen atoms in total. The molecule has 118 valence electrons. The Kier molecular flexibility index (Phi) is 3.93. The lowest BCUT2D eigenvalue weighted by atomic mass is 10.2. The number of aryl methyl sites for hydroxylation is 2. The van der Waals surface area contributed by atoms with E-state index in [1.165, 1.54) is 0 Å². The van der Waals surface area contributed by atoms with E-state index in [1.807, 2.05) is 27.1 Å². The third kappa shape index (κ3) is 2.74. The van der Waals surface area contributed by atoms with Gasteiger partial charge in [0.25, 0.3) is 0 Å². The second-order valence-electron chi connectivity index (χ2n) is 5.47. The van der Waals surface area contributed by atoms with Crippen molar-refractivity contribution in [1.82, 2.24) is 24.8 Å². The fourth-order valence-corrected chi connectivity index (χ4v) is 2.58. The standard InChI is InChI=1S/C14H20N6O2/c1-4-12-16-14(22-17-12)10(2)19-5-6-20(13(21)9-19)11-7-15-18(3)8-11/h7-8,10H,4-6,9H2,1-3H3/t10-/m1/s1. The molecule has 8 heteroatoms. The summed E-state index contributed by atoms with van der Waals surface area (Å²) in [5, 5.41) is 8.03. The van der Waals surface area contributed by atoms with Crippen LogP contribution in [0.15, 0.2) is 16.9 Å². The first-order valence-corrected chi connectivity index (χ1v) is 7.44. The van der Waals surface area contributed by atoms with E-state index in [1.54, 1.807) is 15.8 Å². The maximum absolute atomic E-state index is 12.4. The van der Waals surface area contributed by atoms with Crippen LogP contribution in [0.25, 0.3) is 0 Å². The van der Waals surface area contributed by atoms with E-state index in [0.29, 0.717) is 24.8 Å². The van der Waals surface area contributed by atoms with Crippen molar-refractivity contribution in [2.45, 2.75) is 26.3 Å². The van der Waals surface area contributed by atoms with Crippen molar-refractivity contribution in [3.8, 4) is 0 Å². The first-order valence-electron chi connectivity index (χ1n) is 7.44. The molecule has 0 spiro atoms. The number of carbonyl (C=O) groups excluding carboxylic acids is 1. The minimum atomic E-state index is -0.0622. The number of amides is 1. The molecule has 2 aromatic heterocycles. The second kappa shape index (κ2) is 5.88. The van der Waals surface area contributed by atoms with E-state index in [4.69, 9.17) is 4.52 Å². The quantitative estimate of drug-likeness (QED) is 0.830. The number of rotatable bonds is 4. The van der Waals surface area contributed by atoms with Crippen LogP contribution in [0.2, 0.25) is 0 Å². The molecular formula is C14H20N6O2. The second-order valence-corrected chi connectivity index (χ2v) is 5.47. The van der Waals surface area contributed by atoms with Gasteiger partial charge in [-0.2, -0.15) is 10.1 Å². The number of hydrogen-bond acceptors (Lipinski definition) is 6. The highest BCUT2D eigenvalue weighted by Crippen LogP contribution is 2.23. The van der Waals surface area contributed by atoms with Crippen molar-refractivity contribution in [2.24, 2.45) is 7.05 Å². The molecule has 1 aliphatic rings. The molecule has 22 heavy (non-hydrogen) atoms. The van der Waals surface area contributed by atoms with Gasteiger partial charge in [0.2, 0.25) is 11.8 Å². The molecule has 0 bridgehead atoms. The Balaban J connectivity index is 1.68. The molecule has 1 amide bonds. The molecular weight excluding hydrogens is 284 g/mol. The zero-order chi connectivity index (χ0) is 15.7. The van der Waals surface area contributed by atoms with Crippen LogP contribution in [0.5, 0.6) is 0 Å². The lowest BCUT2D eigenvalue weighted by molar-refractivity contribution is -0.122. The summed E-state index contributed by atoms with van der Waals surface area (Å²) in [5.74, 6) is 1.32. The molecule has 0 radical (unpaired) electrons. The van der Waals surface area contributed by atoms with Crippen molar-refractivity contribution in [1.29, 1.82) is 0 Å². The van der Waals surface area contributed by atoms with Crippen LogP contribution in [-0.2, 0) is 18.3 Å². The Morgan fingerprint density at radius 3 is 2.82 bits per heavy atom. The number of hydrogen-bond donors (Lipinski definition) is 0. The largest absolute Gasteiger partial charge is 0.338 e. The van der Waals surface area contributed by atoms with Gasteiger partial charge in [0.15, 0.2) is 5.82 Å². The first kappa shape index (κ1) is 14.7. The zero-order valence-corrected chi connectivity index (χ0v) is 13.1. The van der Waals surface area contributed by atoms with E-state index >= 15 is 0 Å². The van der Waals surface area contributed by atoms with E-state index in [9.17, 15) is 4.79 Å². The summed E-state index contributed by atoms with van der Waals surface area (Å²) in [4.78, 5) is 20.6. The molecule has 0 aromatic carbocycles. The van der Waals surface area contributed by atoms with Crippen LogP contribution in [-0.4, -0.2) is 50.4 Å². The topological polar surface area (TPSA) is 80.3 Å². The zero-order valence-electron chi connectivity index (χ0n) is 13.1. The molecule has 0 unspecified atom stereocenters. The maximum Gasteiger partial charge on any atom is 0.243 e. The minimum absolute atomic E-state index is 0.0568. The SMILES string of the molecule is CCc1noc([C@@H](C)N2CCN(c3cnn(C)c3)C(=O)C2)n1. The minimum Gasteiger partial charge on any atom is -0.338 e. The summed E-state index contributed by atoms with van der Waals surface area (Å²) < 4.78 is 6.98. The Morgan fingerprint density at radius 1 is 1.41 bits per heavy atom. The third-order valence-electron chi connectivity index (χ3n) is 3.96. The lowest BCUT2D eigenvalue weighted by Gasteiger charge is -2.35. The van der Waals surface area contributed by atoms with E-state index in [2.05, 4.69) is 20.1 Å². The van der Waals surface area contributed by atoms with E-state index < -0.39 is 0 Å². The number of anilines is 1. The van der Waals surface area contributed by atoms with Crippen molar-refractivity contribution in [2.75, 3.05) is 24.5 Å². The highest BCUT2D eigenvalue weighted by molar-refractivity contribution is 5.95. The highest BCUT2D eigenvalue weighted by Gasteiger charge is 2.31. The fraction of sp³-hybridized carbons (Fsp3) is 0.571. The first-order chi connectivity index (χ1) is 10.6. The number of aromatic nitrogens is 4. The summed E-state index contributed by atoms with van der Waals surface area (Å²) in [7, 11) is 1.84. The van der Waals surface area contributed by atoms with Crippen LogP contribution >= 0.6 is 0 Å². The van der Waals surface area contributed by atoms with Crippen molar-refractivity contribution < 1.29 is 9.32 Å². The Morgan fingerprint density at radius 2 is 2.23 bits per heavy atom. The normalized spacial score (nSPS) is 18.0. The van der Waals surface area contributed by atoms with Crippen molar-refractivity contribution >= 4 is 11.6 Å². The third-order valence-corrected chi connectivity index (χ3v) is 3.96.